The third-order valence-electron chi connectivity index (χ3n) is 6.36. The number of aromatic nitrogens is 1. The summed E-state index contributed by atoms with van der Waals surface area (Å²) in [5.41, 5.74) is 11.4. The Morgan fingerprint density at radius 1 is 1.21 bits per heavy atom. The lowest BCUT2D eigenvalue weighted by atomic mass is 9.72. The van der Waals surface area contributed by atoms with Crippen LogP contribution >= 0.6 is 0 Å². The molecule has 0 radical (unpaired) electrons. The van der Waals surface area contributed by atoms with Crippen LogP contribution in [0.15, 0.2) is 71.0 Å². The van der Waals surface area contributed by atoms with E-state index >= 15 is 0 Å². The van der Waals surface area contributed by atoms with Gasteiger partial charge in [-0.2, -0.15) is 0 Å². The molecule has 0 aromatic carbocycles. The van der Waals surface area contributed by atoms with Crippen molar-refractivity contribution in [3.8, 4) is 11.6 Å². The fourth-order valence-corrected chi connectivity index (χ4v) is 4.23. The fraction of sp³-hybridized carbons (Fsp3) is 0.452. The van der Waals surface area contributed by atoms with Crippen LogP contribution in [-0.2, 0) is 16.1 Å². The van der Waals surface area contributed by atoms with Gasteiger partial charge in [-0.25, -0.2) is 9.78 Å². The highest BCUT2D eigenvalue weighted by molar-refractivity contribution is 5.93. The molecule has 0 saturated heterocycles. The van der Waals surface area contributed by atoms with E-state index in [1.165, 1.54) is 42.2 Å². The van der Waals surface area contributed by atoms with Crippen LogP contribution in [0.3, 0.4) is 0 Å². The Morgan fingerprint density at radius 2 is 1.97 bits per heavy atom. The van der Waals surface area contributed by atoms with Crippen LogP contribution in [0.2, 0.25) is 0 Å². The van der Waals surface area contributed by atoms with Crippen LogP contribution in [0.4, 0.5) is 4.79 Å². The first-order chi connectivity index (χ1) is 18.6. The lowest BCUT2D eigenvalue weighted by Gasteiger charge is -2.32. The molecule has 0 bridgehead atoms. The largest absolute Gasteiger partial charge is 0.488 e. The van der Waals surface area contributed by atoms with Crippen molar-refractivity contribution in [3.63, 3.8) is 0 Å². The van der Waals surface area contributed by atoms with E-state index in [0.717, 1.165) is 11.1 Å². The maximum Gasteiger partial charge on any atom is 0.420 e. The van der Waals surface area contributed by atoms with Crippen LogP contribution in [-0.4, -0.2) is 36.7 Å². The van der Waals surface area contributed by atoms with Gasteiger partial charge in [0.25, 0.3) is 5.88 Å². The average molecular weight is 538 g/mol. The van der Waals surface area contributed by atoms with E-state index in [9.17, 15) is 9.59 Å². The Kier molecular flexibility index (Phi) is 12.9. The highest BCUT2D eigenvalue weighted by Gasteiger charge is 2.26. The van der Waals surface area contributed by atoms with Crippen molar-refractivity contribution in [3.05, 3.63) is 76.6 Å². The zero-order valence-electron chi connectivity index (χ0n) is 24.1. The van der Waals surface area contributed by atoms with Gasteiger partial charge < -0.3 is 19.9 Å². The Balaban J connectivity index is 1.88. The van der Waals surface area contributed by atoms with Crippen molar-refractivity contribution in [2.45, 2.75) is 67.4 Å². The normalized spacial score (nSPS) is 16.2. The summed E-state index contributed by atoms with van der Waals surface area (Å²) in [4.78, 5) is 27.2. The predicted octanol–water partition coefficient (Wildman–Crippen LogP) is 6.10. The molecule has 1 aromatic rings. The quantitative estimate of drug-likeness (QED) is 0.245. The van der Waals surface area contributed by atoms with Crippen molar-refractivity contribution >= 4 is 12.0 Å². The number of imide groups is 1. The fourth-order valence-electron chi connectivity index (χ4n) is 4.23. The van der Waals surface area contributed by atoms with Crippen LogP contribution in [0, 0.1) is 5.41 Å². The number of hydrogen-bond acceptors (Lipinski definition) is 7. The summed E-state index contributed by atoms with van der Waals surface area (Å²) >= 11 is 0. The van der Waals surface area contributed by atoms with E-state index in [0.29, 0.717) is 19.8 Å². The summed E-state index contributed by atoms with van der Waals surface area (Å²) in [5.74, 6) is -0.425. The van der Waals surface area contributed by atoms with Crippen molar-refractivity contribution in [2.75, 3.05) is 19.8 Å². The van der Waals surface area contributed by atoms with E-state index in [2.05, 4.69) is 57.0 Å². The summed E-state index contributed by atoms with van der Waals surface area (Å²) < 4.78 is 16.3. The van der Waals surface area contributed by atoms with Crippen molar-refractivity contribution in [1.29, 1.82) is 0 Å². The second-order valence-corrected chi connectivity index (χ2v) is 10.2. The molecule has 0 atom stereocenters. The zero-order valence-corrected chi connectivity index (χ0v) is 24.1. The second-order valence-electron chi connectivity index (χ2n) is 10.2. The summed E-state index contributed by atoms with van der Waals surface area (Å²) in [7, 11) is 0. The number of rotatable bonds is 12. The molecule has 2 rings (SSSR count). The Bertz CT molecular complexity index is 1160. The molecule has 0 aliphatic heterocycles. The van der Waals surface area contributed by atoms with Gasteiger partial charge in [0, 0.05) is 11.8 Å². The average Bonchev–Trinajstić information content (AvgIpc) is 2.87. The number of nitrogens with zero attached hydrogens (tertiary/aromatic N) is 1. The number of nitrogens with one attached hydrogen (secondary N) is 1. The number of amides is 2. The van der Waals surface area contributed by atoms with Crippen LogP contribution in [0.25, 0.3) is 0 Å². The SMILES string of the molecule is CCOc1cc(COCC=C(C)C=CC=C(C)C=CC2=C(C)CCCC2(C)C)cnc1OC(=O)NC(=O)CN. The first-order valence-corrected chi connectivity index (χ1v) is 13.4. The molecular weight excluding hydrogens is 494 g/mol. The standard InChI is InChI=1S/C31H43N3O5/c1-7-38-27-18-25(20-33-29(27)39-30(36)34-28(35)19-32)21-37-17-15-23(3)11-8-10-22(2)13-14-26-24(4)12-9-16-31(26,5)6/h8,10-11,13-15,18,20H,7,9,12,16-17,19,21,32H2,1-6H3,(H,34,35,36). The molecule has 0 fully saturated rings. The number of carbonyl (C=O) groups is 2. The Morgan fingerprint density at radius 3 is 2.67 bits per heavy atom. The molecule has 0 unspecified atom stereocenters. The van der Waals surface area contributed by atoms with Gasteiger partial charge in [0.15, 0.2) is 5.75 Å². The molecule has 1 aromatic heterocycles. The van der Waals surface area contributed by atoms with E-state index in [-0.39, 0.29) is 23.6 Å². The summed E-state index contributed by atoms with van der Waals surface area (Å²) in [6, 6.07) is 1.69. The maximum absolute atomic E-state index is 11.8. The number of carbonyl (C=O) groups excluding carboxylic acids is 2. The first kappa shape index (κ1) is 31.7. The lowest BCUT2D eigenvalue weighted by molar-refractivity contribution is -0.118. The Hall–Kier alpha value is -3.49. The molecule has 39 heavy (non-hydrogen) atoms. The minimum absolute atomic E-state index is 0.0451. The van der Waals surface area contributed by atoms with Gasteiger partial charge >= 0.3 is 6.09 Å². The summed E-state index contributed by atoms with van der Waals surface area (Å²) in [6.45, 7) is 13.6. The molecule has 1 aliphatic carbocycles. The summed E-state index contributed by atoms with van der Waals surface area (Å²) in [6.07, 6.45) is 17.0. The second kappa shape index (κ2) is 15.8. The zero-order chi connectivity index (χ0) is 28.8. The van der Waals surface area contributed by atoms with Crippen molar-refractivity contribution in [1.82, 2.24) is 10.3 Å². The van der Waals surface area contributed by atoms with Gasteiger partial charge in [-0.15, -0.1) is 0 Å². The number of hydrogen-bond donors (Lipinski definition) is 2. The number of ether oxygens (including phenoxy) is 3. The van der Waals surface area contributed by atoms with Crippen LogP contribution in [0.5, 0.6) is 11.6 Å². The van der Waals surface area contributed by atoms with E-state index < -0.39 is 12.0 Å². The van der Waals surface area contributed by atoms with Crippen LogP contribution < -0.4 is 20.5 Å². The Labute approximate surface area is 232 Å². The van der Waals surface area contributed by atoms with Gasteiger partial charge in [-0.05, 0) is 64.0 Å². The minimum atomic E-state index is -0.974. The van der Waals surface area contributed by atoms with Gasteiger partial charge in [0.05, 0.1) is 26.4 Å². The smallest absolute Gasteiger partial charge is 0.420 e. The molecule has 8 heteroatoms. The lowest BCUT2D eigenvalue weighted by Crippen LogP contribution is -2.37. The molecule has 1 aliphatic rings. The molecule has 3 N–H and O–H groups in total. The van der Waals surface area contributed by atoms with Crippen LogP contribution in [0.1, 0.15) is 66.4 Å². The monoisotopic (exact) mass is 537 g/mol. The molecule has 2 amide bonds. The van der Waals surface area contributed by atoms with Gasteiger partial charge in [0.2, 0.25) is 5.91 Å². The first-order valence-electron chi connectivity index (χ1n) is 13.4. The number of allylic oxidation sites excluding steroid dienone is 9. The van der Waals surface area contributed by atoms with Crippen molar-refractivity contribution in [2.24, 2.45) is 11.1 Å². The van der Waals surface area contributed by atoms with Gasteiger partial charge in [0.1, 0.15) is 0 Å². The molecule has 8 nitrogen and oxygen atoms in total. The number of nitrogens with two attached hydrogens (primary N) is 1. The molecule has 1 heterocycles. The maximum atomic E-state index is 11.8. The minimum Gasteiger partial charge on any atom is -0.488 e. The van der Waals surface area contributed by atoms with Gasteiger partial charge in [-0.3, -0.25) is 10.1 Å². The molecule has 0 spiro atoms. The summed E-state index contributed by atoms with van der Waals surface area (Å²) in [5, 5.41) is 1.99. The molecule has 0 saturated carbocycles. The van der Waals surface area contributed by atoms with Crippen molar-refractivity contribution < 1.29 is 23.8 Å². The van der Waals surface area contributed by atoms with E-state index in [1.54, 1.807) is 13.0 Å². The van der Waals surface area contributed by atoms with Gasteiger partial charge in [-0.1, -0.05) is 67.0 Å². The highest BCUT2D eigenvalue weighted by Crippen LogP contribution is 2.40. The topological polar surface area (TPSA) is 113 Å². The highest BCUT2D eigenvalue weighted by atomic mass is 16.6. The number of pyridine rings is 1. The molecular formula is C31H43N3O5. The van der Waals surface area contributed by atoms with E-state index in [1.807, 2.05) is 24.4 Å². The van der Waals surface area contributed by atoms with E-state index in [4.69, 9.17) is 19.9 Å². The third kappa shape index (κ3) is 11.0. The third-order valence-corrected chi connectivity index (χ3v) is 6.36. The molecule has 212 valence electrons. The predicted molar refractivity (Wildman–Crippen MR) is 154 cm³/mol.